The van der Waals surface area contributed by atoms with Crippen LogP contribution in [0.25, 0.3) is 22.3 Å². The molecule has 0 unspecified atom stereocenters. The van der Waals surface area contributed by atoms with Crippen LogP contribution in [0.2, 0.25) is 10.8 Å². The molecule has 174 valence electrons. The van der Waals surface area contributed by atoms with Crippen molar-refractivity contribution in [2.75, 3.05) is 5.32 Å². The molecule has 0 spiro atoms. The standard InChI is InChI=1S/C23H22BClF2N6O/c1-33-10-19(30-11-33)21(34)24-12-3-2-4-14(5-12)31-23-18(27)9-29-22(32-23)16-8-28-20-15(16)6-13(25)7-17(20)26/h6-12,14,24,28H,2-5H2,1H3,(H,29,31,32)/t12-,14+/m1/s1. The first-order valence-corrected chi connectivity index (χ1v) is 11.5. The van der Waals surface area contributed by atoms with Gasteiger partial charge in [-0.25, -0.2) is 23.7 Å². The van der Waals surface area contributed by atoms with E-state index in [-0.39, 0.29) is 39.7 Å². The number of anilines is 1. The molecule has 3 heterocycles. The van der Waals surface area contributed by atoms with Crippen LogP contribution in [0.5, 0.6) is 0 Å². The number of benzene rings is 1. The molecule has 2 N–H and O–H groups in total. The largest absolute Gasteiger partial charge is 0.365 e. The Labute approximate surface area is 200 Å². The predicted octanol–water partition coefficient (Wildman–Crippen LogP) is 4.71. The lowest BCUT2D eigenvalue weighted by Gasteiger charge is -2.29. The third-order valence-corrected chi connectivity index (χ3v) is 6.50. The Hall–Kier alpha value is -3.27. The maximum Gasteiger partial charge on any atom is 0.217 e. The van der Waals surface area contributed by atoms with Gasteiger partial charge in [0.05, 0.1) is 18.0 Å². The molecule has 34 heavy (non-hydrogen) atoms. The number of fused-ring (bicyclic) bond motifs is 1. The maximum atomic E-state index is 14.6. The van der Waals surface area contributed by atoms with Crippen LogP contribution in [0.15, 0.2) is 37.1 Å². The molecule has 5 rings (SSSR count). The second-order valence-corrected chi connectivity index (χ2v) is 9.26. The number of nitrogens with zero attached hydrogens (tertiary/aromatic N) is 4. The molecule has 2 atom stereocenters. The Morgan fingerprint density at radius 1 is 1.26 bits per heavy atom. The van der Waals surface area contributed by atoms with E-state index >= 15 is 0 Å². The molecule has 1 aromatic carbocycles. The second-order valence-electron chi connectivity index (χ2n) is 8.83. The Morgan fingerprint density at radius 3 is 2.91 bits per heavy atom. The highest BCUT2D eigenvalue weighted by Crippen LogP contribution is 2.33. The Kier molecular flexibility index (Phi) is 6.08. The third kappa shape index (κ3) is 4.55. The zero-order valence-corrected chi connectivity index (χ0v) is 19.2. The molecule has 1 aliphatic carbocycles. The van der Waals surface area contributed by atoms with Crippen molar-refractivity contribution in [1.82, 2.24) is 24.5 Å². The van der Waals surface area contributed by atoms with Crippen LogP contribution in [-0.2, 0) is 7.05 Å². The minimum absolute atomic E-state index is 0.0204. The number of hydrogen-bond acceptors (Lipinski definition) is 5. The van der Waals surface area contributed by atoms with Gasteiger partial charge in [0.1, 0.15) is 17.2 Å². The lowest BCUT2D eigenvalue weighted by atomic mass is 9.55. The first-order valence-electron chi connectivity index (χ1n) is 11.1. The van der Waals surface area contributed by atoms with Crippen LogP contribution < -0.4 is 5.32 Å². The normalized spacial score (nSPS) is 18.2. The van der Waals surface area contributed by atoms with Crippen LogP contribution in [0.3, 0.4) is 0 Å². The van der Waals surface area contributed by atoms with Crippen LogP contribution in [0.4, 0.5) is 14.6 Å². The van der Waals surface area contributed by atoms with Gasteiger partial charge >= 0.3 is 0 Å². The molecule has 1 saturated carbocycles. The summed E-state index contributed by atoms with van der Waals surface area (Å²) in [5.74, 6) is -0.524. The average Bonchev–Trinajstić information content (AvgIpc) is 3.42. The van der Waals surface area contributed by atoms with Gasteiger partial charge in [-0.3, -0.25) is 0 Å². The lowest BCUT2D eigenvalue weighted by molar-refractivity contribution is 0.107. The van der Waals surface area contributed by atoms with E-state index in [9.17, 15) is 13.6 Å². The Bertz CT molecular complexity index is 1370. The van der Waals surface area contributed by atoms with Gasteiger partial charge in [0, 0.05) is 41.5 Å². The molecule has 0 saturated heterocycles. The van der Waals surface area contributed by atoms with Crippen molar-refractivity contribution in [2.24, 2.45) is 7.05 Å². The summed E-state index contributed by atoms with van der Waals surface area (Å²) in [6, 6.07) is 2.82. The van der Waals surface area contributed by atoms with E-state index in [4.69, 9.17) is 11.6 Å². The molecule has 1 aliphatic rings. The van der Waals surface area contributed by atoms with Crippen LogP contribution in [0.1, 0.15) is 36.2 Å². The van der Waals surface area contributed by atoms with Gasteiger partial charge in [-0.1, -0.05) is 30.3 Å². The van der Waals surface area contributed by atoms with Crippen molar-refractivity contribution < 1.29 is 13.6 Å². The number of H-pyrrole nitrogens is 1. The van der Waals surface area contributed by atoms with Crippen LogP contribution in [0, 0.1) is 11.6 Å². The van der Waals surface area contributed by atoms with Crippen molar-refractivity contribution in [3.05, 3.63) is 59.4 Å². The number of halogens is 3. The van der Waals surface area contributed by atoms with E-state index in [1.807, 2.05) is 7.05 Å². The summed E-state index contributed by atoms with van der Waals surface area (Å²) < 4.78 is 30.6. The number of aryl methyl sites for hydroxylation is 1. The SMILES string of the molecule is Cn1cnc(C(=O)B[C@@H]2CCC[C@H](Nc3nc(-c4c[nH]c5c(F)cc(Cl)cc45)ncc3F)C2)c1. The topological polar surface area (TPSA) is 88.5 Å². The van der Waals surface area contributed by atoms with Crippen molar-refractivity contribution in [2.45, 2.75) is 37.5 Å². The van der Waals surface area contributed by atoms with E-state index in [0.29, 0.717) is 23.9 Å². The molecule has 0 radical (unpaired) electrons. The van der Waals surface area contributed by atoms with Gasteiger partial charge in [0.2, 0.25) is 7.28 Å². The first-order chi connectivity index (χ1) is 16.4. The summed E-state index contributed by atoms with van der Waals surface area (Å²) >= 11 is 6.02. The zero-order valence-electron chi connectivity index (χ0n) is 18.5. The number of imidazole rings is 1. The molecule has 0 aliphatic heterocycles. The highest BCUT2D eigenvalue weighted by Gasteiger charge is 2.27. The summed E-state index contributed by atoms with van der Waals surface area (Å²) in [6.07, 6.45) is 9.47. The Morgan fingerprint density at radius 2 is 2.12 bits per heavy atom. The predicted molar refractivity (Wildman–Crippen MR) is 129 cm³/mol. The number of carbonyl (C=O) groups is 1. The van der Waals surface area contributed by atoms with Gasteiger partial charge in [0.15, 0.2) is 17.5 Å². The van der Waals surface area contributed by atoms with E-state index in [2.05, 4.69) is 25.3 Å². The summed E-state index contributed by atoms with van der Waals surface area (Å²) in [7, 11) is 2.24. The summed E-state index contributed by atoms with van der Waals surface area (Å²) in [4.78, 5) is 28.1. The maximum absolute atomic E-state index is 14.6. The molecule has 7 nitrogen and oxygen atoms in total. The fourth-order valence-corrected chi connectivity index (χ4v) is 4.87. The second kappa shape index (κ2) is 9.17. The van der Waals surface area contributed by atoms with Gasteiger partial charge in [-0.05, 0) is 25.0 Å². The Balaban J connectivity index is 1.33. The summed E-state index contributed by atoms with van der Waals surface area (Å²) in [6.45, 7) is 0. The van der Waals surface area contributed by atoms with Gasteiger partial charge < -0.3 is 19.7 Å². The first kappa shape index (κ1) is 22.5. The highest BCUT2D eigenvalue weighted by molar-refractivity contribution is 6.78. The number of rotatable bonds is 6. The zero-order chi connectivity index (χ0) is 23.8. The van der Waals surface area contributed by atoms with E-state index in [1.54, 1.807) is 29.4 Å². The highest BCUT2D eigenvalue weighted by atomic mass is 35.5. The van der Waals surface area contributed by atoms with Gasteiger partial charge in [-0.2, -0.15) is 0 Å². The van der Waals surface area contributed by atoms with E-state index < -0.39 is 11.6 Å². The quantitative estimate of drug-likeness (QED) is 0.389. The smallest absolute Gasteiger partial charge is 0.217 e. The third-order valence-electron chi connectivity index (χ3n) is 6.28. The van der Waals surface area contributed by atoms with Crippen molar-refractivity contribution in [3.8, 4) is 11.4 Å². The minimum atomic E-state index is -0.570. The molecular weight excluding hydrogens is 461 g/mol. The fraction of sp³-hybridized carbons (Fsp3) is 0.304. The van der Waals surface area contributed by atoms with Crippen LogP contribution >= 0.6 is 11.6 Å². The van der Waals surface area contributed by atoms with Gasteiger partial charge in [0.25, 0.3) is 0 Å². The molecule has 1 fully saturated rings. The minimum Gasteiger partial charge on any atom is -0.365 e. The molecule has 0 amide bonds. The summed E-state index contributed by atoms with van der Waals surface area (Å²) in [5.41, 5.74) is 1.31. The van der Waals surface area contributed by atoms with Crippen molar-refractivity contribution in [3.63, 3.8) is 0 Å². The molecule has 3 aromatic heterocycles. The monoisotopic (exact) mass is 482 g/mol. The molecule has 0 bridgehead atoms. The average molecular weight is 483 g/mol. The number of aromatic nitrogens is 5. The van der Waals surface area contributed by atoms with E-state index in [0.717, 1.165) is 31.9 Å². The van der Waals surface area contributed by atoms with Gasteiger partial charge in [-0.15, -0.1) is 0 Å². The van der Waals surface area contributed by atoms with Crippen molar-refractivity contribution >= 4 is 41.3 Å². The summed E-state index contributed by atoms with van der Waals surface area (Å²) in [5, 5.41) is 3.97. The lowest BCUT2D eigenvalue weighted by Crippen LogP contribution is -2.30. The number of aromatic amines is 1. The number of nitrogens with one attached hydrogen (secondary N) is 2. The van der Waals surface area contributed by atoms with Crippen LogP contribution in [-0.4, -0.2) is 43.5 Å². The molecule has 11 heteroatoms. The molecular formula is C23H22BClF2N6O. The molecule has 4 aromatic rings. The van der Waals surface area contributed by atoms with Crippen molar-refractivity contribution in [1.29, 1.82) is 0 Å². The fourth-order valence-electron chi connectivity index (χ4n) is 4.66. The number of hydrogen-bond donors (Lipinski definition) is 2. The van der Waals surface area contributed by atoms with E-state index in [1.165, 1.54) is 6.07 Å². The number of carbonyl (C=O) groups excluding carboxylic acids is 1.